The van der Waals surface area contributed by atoms with Crippen LogP contribution in [0.1, 0.15) is 30.1 Å². The summed E-state index contributed by atoms with van der Waals surface area (Å²) < 4.78 is 11.6. The van der Waals surface area contributed by atoms with E-state index in [1.165, 1.54) is 24.3 Å². The molecular formula is C12H15NO4S. The highest BCUT2D eigenvalue weighted by Crippen LogP contribution is 2.13. The number of Topliss-reactive ketones (excluding diaryl/α,β-unsaturated/α-hetero) is 1. The summed E-state index contributed by atoms with van der Waals surface area (Å²) in [5.74, 6) is 0.117. The van der Waals surface area contributed by atoms with Crippen LogP contribution in [0, 0.1) is 10.1 Å². The van der Waals surface area contributed by atoms with Gasteiger partial charge in [0.25, 0.3) is 5.69 Å². The van der Waals surface area contributed by atoms with Gasteiger partial charge in [-0.2, -0.15) is 0 Å². The topological polar surface area (TPSA) is 77.3 Å². The molecule has 0 amide bonds. The first kappa shape index (κ1) is 14.5. The van der Waals surface area contributed by atoms with Gasteiger partial charge in [0.05, 0.1) is 10.7 Å². The van der Waals surface area contributed by atoms with Gasteiger partial charge in [-0.05, 0) is 6.42 Å². The molecule has 0 spiro atoms. The van der Waals surface area contributed by atoms with Gasteiger partial charge in [0, 0.05) is 34.2 Å². The van der Waals surface area contributed by atoms with Crippen LogP contribution in [0.2, 0.25) is 0 Å². The van der Waals surface area contributed by atoms with Crippen LogP contribution in [0.3, 0.4) is 0 Å². The van der Waals surface area contributed by atoms with Crippen molar-refractivity contribution in [2.24, 2.45) is 0 Å². The van der Waals surface area contributed by atoms with E-state index in [1.807, 2.05) is 6.92 Å². The van der Waals surface area contributed by atoms with Crippen molar-refractivity contribution in [1.82, 2.24) is 0 Å². The summed E-state index contributed by atoms with van der Waals surface area (Å²) in [5.41, 5.74) is 0.120. The molecule has 1 aromatic carbocycles. The molecule has 0 aliphatic heterocycles. The van der Waals surface area contributed by atoms with Gasteiger partial charge in [-0.25, -0.2) is 0 Å². The first-order valence-corrected chi connectivity index (χ1v) is 7.16. The fourth-order valence-corrected chi connectivity index (χ4v) is 2.61. The number of rotatable bonds is 7. The highest BCUT2D eigenvalue weighted by atomic mass is 32.2. The fourth-order valence-electron chi connectivity index (χ4n) is 1.40. The van der Waals surface area contributed by atoms with Crippen molar-refractivity contribution in [3.05, 3.63) is 39.9 Å². The minimum Gasteiger partial charge on any atom is -0.293 e. The number of carbonyl (C=O) groups is 1. The number of hydrogen-bond acceptors (Lipinski definition) is 4. The number of carbonyl (C=O) groups excluding carboxylic acids is 1. The molecule has 5 nitrogen and oxygen atoms in total. The molecule has 18 heavy (non-hydrogen) atoms. The maximum Gasteiger partial charge on any atom is 0.270 e. The lowest BCUT2D eigenvalue weighted by molar-refractivity contribution is -0.384. The lowest BCUT2D eigenvalue weighted by Gasteiger charge is -2.01. The second-order valence-corrected chi connectivity index (χ2v) is 5.45. The van der Waals surface area contributed by atoms with Gasteiger partial charge in [-0.15, -0.1) is 0 Å². The third-order valence-electron chi connectivity index (χ3n) is 2.40. The predicted molar refractivity (Wildman–Crippen MR) is 70.2 cm³/mol. The van der Waals surface area contributed by atoms with Crippen LogP contribution < -0.4 is 0 Å². The van der Waals surface area contributed by atoms with Crippen molar-refractivity contribution < 1.29 is 13.9 Å². The zero-order chi connectivity index (χ0) is 13.5. The van der Waals surface area contributed by atoms with Crippen LogP contribution in [0.4, 0.5) is 5.69 Å². The first-order chi connectivity index (χ1) is 8.54. The van der Waals surface area contributed by atoms with E-state index < -0.39 is 15.7 Å². The normalized spacial score (nSPS) is 12.1. The molecular weight excluding hydrogens is 254 g/mol. The number of nitrogens with zero attached hydrogens (tertiary/aromatic N) is 1. The Morgan fingerprint density at radius 1 is 1.44 bits per heavy atom. The average molecular weight is 269 g/mol. The molecule has 0 radical (unpaired) electrons. The second kappa shape index (κ2) is 7.00. The maximum absolute atomic E-state index is 11.8. The maximum atomic E-state index is 11.8. The summed E-state index contributed by atoms with van der Waals surface area (Å²) in [6.07, 6.45) is 1.74. The van der Waals surface area contributed by atoms with E-state index in [1.54, 1.807) is 0 Å². The quantitative estimate of drug-likeness (QED) is 0.432. The Bertz CT molecular complexity index is 473. The van der Waals surface area contributed by atoms with Crippen molar-refractivity contribution >= 4 is 22.3 Å². The van der Waals surface area contributed by atoms with Crippen LogP contribution >= 0.6 is 0 Å². The zero-order valence-corrected chi connectivity index (χ0v) is 10.9. The molecule has 0 saturated heterocycles. The van der Waals surface area contributed by atoms with Gasteiger partial charge in [-0.3, -0.25) is 19.1 Å². The van der Waals surface area contributed by atoms with Crippen LogP contribution in [-0.4, -0.2) is 26.4 Å². The number of hydrogen-bond donors (Lipinski definition) is 0. The standard InChI is InChI=1S/C12H15NO4S/c1-2-3-7-18(17)9-12(14)10-5-4-6-11(8-10)13(15)16/h4-6,8H,2-3,7,9H2,1H3. The highest BCUT2D eigenvalue weighted by Gasteiger charge is 2.13. The van der Waals surface area contributed by atoms with Gasteiger partial charge in [0.1, 0.15) is 0 Å². The molecule has 0 saturated carbocycles. The van der Waals surface area contributed by atoms with Crippen molar-refractivity contribution in [1.29, 1.82) is 0 Å². The Morgan fingerprint density at radius 2 is 2.17 bits per heavy atom. The summed E-state index contributed by atoms with van der Waals surface area (Å²) in [7, 11) is -1.19. The van der Waals surface area contributed by atoms with E-state index in [9.17, 15) is 19.1 Å². The van der Waals surface area contributed by atoms with Crippen LogP contribution in [0.25, 0.3) is 0 Å². The minimum absolute atomic E-state index is 0.0683. The fraction of sp³-hybridized carbons (Fsp3) is 0.417. The number of unbranched alkanes of at least 4 members (excludes halogenated alkanes) is 1. The zero-order valence-electron chi connectivity index (χ0n) is 10.1. The lowest BCUT2D eigenvalue weighted by atomic mass is 10.1. The van der Waals surface area contributed by atoms with Crippen molar-refractivity contribution in [2.75, 3.05) is 11.5 Å². The van der Waals surface area contributed by atoms with E-state index in [0.717, 1.165) is 12.8 Å². The van der Waals surface area contributed by atoms with Crippen molar-refractivity contribution in [3.8, 4) is 0 Å². The van der Waals surface area contributed by atoms with E-state index >= 15 is 0 Å². The van der Waals surface area contributed by atoms with Gasteiger partial charge in [0.2, 0.25) is 0 Å². The molecule has 0 aromatic heterocycles. The summed E-state index contributed by atoms with van der Waals surface area (Å²) in [6.45, 7) is 1.99. The molecule has 6 heteroatoms. The smallest absolute Gasteiger partial charge is 0.270 e. The molecule has 0 aliphatic carbocycles. The largest absolute Gasteiger partial charge is 0.293 e. The Labute approximate surface area is 108 Å². The first-order valence-electron chi connectivity index (χ1n) is 5.67. The van der Waals surface area contributed by atoms with Gasteiger partial charge in [0.15, 0.2) is 5.78 Å². The molecule has 1 aromatic rings. The van der Waals surface area contributed by atoms with Gasteiger partial charge in [-0.1, -0.05) is 25.5 Å². The number of ketones is 1. The van der Waals surface area contributed by atoms with Crippen molar-refractivity contribution in [3.63, 3.8) is 0 Å². The number of nitro benzene ring substituents is 1. The van der Waals surface area contributed by atoms with Crippen LogP contribution in [0.15, 0.2) is 24.3 Å². The molecule has 1 rings (SSSR count). The number of non-ortho nitro benzene ring substituents is 1. The van der Waals surface area contributed by atoms with E-state index in [4.69, 9.17) is 0 Å². The second-order valence-electron chi connectivity index (χ2n) is 3.87. The Balaban J connectivity index is 2.69. The molecule has 0 heterocycles. The number of benzene rings is 1. The minimum atomic E-state index is -1.19. The highest BCUT2D eigenvalue weighted by molar-refractivity contribution is 7.85. The monoisotopic (exact) mass is 269 g/mol. The van der Waals surface area contributed by atoms with E-state index in [0.29, 0.717) is 5.75 Å². The van der Waals surface area contributed by atoms with Crippen LogP contribution in [-0.2, 0) is 10.8 Å². The summed E-state index contributed by atoms with van der Waals surface area (Å²) >= 11 is 0. The molecule has 0 N–H and O–H groups in total. The van der Waals surface area contributed by atoms with E-state index in [2.05, 4.69) is 0 Å². The summed E-state index contributed by atoms with van der Waals surface area (Å²) in [5, 5.41) is 10.6. The molecule has 1 unspecified atom stereocenters. The Morgan fingerprint density at radius 3 is 2.78 bits per heavy atom. The number of nitro groups is 1. The van der Waals surface area contributed by atoms with Gasteiger partial charge < -0.3 is 0 Å². The predicted octanol–water partition coefficient (Wildman–Crippen LogP) is 2.33. The molecule has 0 fully saturated rings. The van der Waals surface area contributed by atoms with Crippen molar-refractivity contribution in [2.45, 2.75) is 19.8 Å². The third-order valence-corrected chi connectivity index (χ3v) is 3.72. The third kappa shape index (κ3) is 4.37. The Kier molecular flexibility index (Phi) is 5.64. The lowest BCUT2D eigenvalue weighted by Crippen LogP contribution is -2.13. The summed E-state index contributed by atoms with van der Waals surface area (Å²) in [6, 6.07) is 5.51. The average Bonchev–Trinajstić information content (AvgIpc) is 2.36. The van der Waals surface area contributed by atoms with Gasteiger partial charge >= 0.3 is 0 Å². The summed E-state index contributed by atoms with van der Waals surface area (Å²) in [4.78, 5) is 21.8. The SMILES string of the molecule is CCCCS(=O)CC(=O)c1cccc([N+](=O)[O-])c1. The molecule has 0 aliphatic rings. The van der Waals surface area contributed by atoms with E-state index in [-0.39, 0.29) is 22.8 Å². The Hall–Kier alpha value is -1.56. The van der Waals surface area contributed by atoms with Crippen LogP contribution in [0.5, 0.6) is 0 Å². The molecule has 98 valence electrons. The molecule has 1 atom stereocenters. The molecule has 0 bridgehead atoms.